The van der Waals surface area contributed by atoms with Gasteiger partial charge in [0.1, 0.15) is 0 Å². The summed E-state index contributed by atoms with van der Waals surface area (Å²) in [6.07, 6.45) is 2.30. The van der Waals surface area contributed by atoms with Gasteiger partial charge in [0, 0.05) is 25.8 Å². The zero-order chi connectivity index (χ0) is 13.8. The fourth-order valence-electron chi connectivity index (χ4n) is 2.49. The van der Waals surface area contributed by atoms with Crippen molar-refractivity contribution in [2.45, 2.75) is 12.8 Å². The summed E-state index contributed by atoms with van der Waals surface area (Å²) in [5, 5.41) is 0. The highest BCUT2D eigenvalue weighted by Gasteiger charge is 2.17. The Balaban J connectivity index is 2.05. The van der Waals surface area contributed by atoms with Gasteiger partial charge in [0.25, 0.3) is 0 Å². The standard InChI is InChI=1S/C14H21N3O2/c1-17(8-10-3-2-6-19-9-10)13-5-4-11(14(16)18)7-12(13)15/h4-5,7,10H,2-3,6,8-9,15H2,1H3,(H2,16,18). The number of nitrogens with two attached hydrogens (primary N) is 2. The number of carbonyl (C=O) groups excluding carboxylic acids is 1. The summed E-state index contributed by atoms with van der Waals surface area (Å²) in [5.41, 5.74) is 13.2. The van der Waals surface area contributed by atoms with Crippen LogP contribution in [0.3, 0.4) is 0 Å². The minimum atomic E-state index is -0.457. The van der Waals surface area contributed by atoms with Crippen LogP contribution in [0.2, 0.25) is 0 Å². The van der Waals surface area contributed by atoms with Gasteiger partial charge < -0.3 is 21.1 Å². The Labute approximate surface area is 113 Å². The third kappa shape index (κ3) is 3.38. The number of hydrogen-bond acceptors (Lipinski definition) is 4. The zero-order valence-corrected chi connectivity index (χ0v) is 11.3. The molecule has 4 N–H and O–H groups in total. The van der Waals surface area contributed by atoms with E-state index < -0.39 is 5.91 Å². The quantitative estimate of drug-likeness (QED) is 0.801. The molecule has 1 amide bonds. The average Bonchev–Trinajstić information content (AvgIpc) is 2.39. The first-order valence-electron chi connectivity index (χ1n) is 6.56. The normalized spacial score (nSPS) is 19.1. The van der Waals surface area contributed by atoms with Crippen LogP contribution in [0.5, 0.6) is 0 Å². The van der Waals surface area contributed by atoms with Crippen molar-refractivity contribution in [3.8, 4) is 0 Å². The molecule has 1 atom stereocenters. The van der Waals surface area contributed by atoms with Crippen LogP contribution in [0.1, 0.15) is 23.2 Å². The molecule has 0 aromatic heterocycles. The number of primary amides is 1. The summed E-state index contributed by atoms with van der Waals surface area (Å²) in [6.45, 7) is 2.58. The van der Waals surface area contributed by atoms with Gasteiger partial charge in [-0.05, 0) is 37.0 Å². The predicted octanol–water partition coefficient (Wildman–Crippen LogP) is 1.23. The average molecular weight is 263 g/mol. The third-order valence-corrected chi connectivity index (χ3v) is 3.51. The maximum Gasteiger partial charge on any atom is 0.248 e. The minimum absolute atomic E-state index is 0.440. The lowest BCUT2D eigenvalue weighted by molar-refractivity contribution is 0.0576. The van der Waals surface area contributed by atoms with Crippen LogP contribution in [0.15, 0.2) is 18.2 Å². The van der Waals surface area contributed by atoms with Crippen molar-refractivity contribution in [1.29, 1.82) is 0 Å². The van der Waals surface area contributed by atoms with Gasteiger partial charge >= 0.3 is 0 Å². The van der Waals surface area contributed by atoms with Crippen LogP contribution in [0.25, 0.3) is 0 Å². The lowest BCUT2D eigenvalue weighted by atomic mass is 10.0. The SMILES string of the molecule is CN(CC1CCCOC1)c1ccc(C(N)=O)cc1N. The molecule has 0 saturated carbocycles. The second kappa shape index (κ2) is 5.93. The van der Waals surface area contributed by atoms with Gasteiger partial charge in [0.2, 0.25) is 5.91 Å². The molecule has 0 aliphatic carbocycles. The van der Waals surface area contributed by atoms with Gasteiger partial charge in [-0.3, -0.25) is 4.79 Å². The van der Waals surface area contributed by atoms with Crippen molar-refractivity contribution in [2.75, 3.05) is 37.4 Å². The molecular weight excluding hydrogens is 242 g/mol. The van der Waals surface area contributed by atoms with Gasteiger partial charge in [-0.1, -0.05) is 0 Å². The number of nitrogen functional groups attached to an aromatic ring is 1. The van der Waals surface area contributed by atoms with E-state index >= 15 is 0 Å². The van der Waals surface area contributed by atoms with Crippen molar-refractivity contribution >= 4 is 17.3 Å². The molecule has 0 radical (unpaired) electrons. The Hall–Kier alpha value is -1.75. The number of amides is 1. The van der Waals surface area contributed by atoms with Crippen LogP contribution in [0.4, 0.5) is 11.4 Å². The second-order valence-electron chi connectivity index (χ2n) is 5.10. The molecule has 1 aromatic rings. The number of anilines is 2. The van der Waals surface area contributed by atoms with Crippen molar-refractivity contribution < 1.29 is 9.53 Å². The smallest absolute Gasteiger partial charge is 0.248 e. The Kier molecular flexibility index (Phi) is 4.27. The van der Waals surface area contributed by atoms with E-state index in [4.69, 9.17) is 16.2 Å². The molecule has 1 heterocycles. The minimum Gasteiger partial charge on any atom is -0.397 e. The lowest BCUT2D eigenvalue weighted by Gasteiger charge is -2.29. The fourth-order valence-corrected chi connectivity index (χ4v) is 2.49. The number of ether oxygens (including phenoxy) is 1. The van der Waals surface area contributed by atoms with Crippen LogP contribution >= 0.6 is 0 Å². The molecular formula is C14H21N3O2. The summed E-state index contributed by atoms with van der Waals surface area (Å²) in [7, 11) is 2.00. The number of carbonyl (C=O) groups is 1. The van der Waals surface area contributed by atoms with Crippen molar-refractivity contribution in [3.63, 3.8) is 0 Å². The summed E-state index contributed by atoms with van der Waals surface area (Å²) in [5.74, 6) is 0.0792. The molecule has 1 fully saturated rings. The largest absolute Gasteiger partial charge is 0.397 e. The molecule has 1 aromatic carbocycles. The zero-order valence-electron chi connectivity index (χ0n) is 11.3. The first-order chi connectivity index (χ1) is 9.08. The number of benzene rings is 1. The molecule has 5 heteroatoms. The number of nitrogens with zero attached hydrogens (tertiary/aromatic N) is 1. The van der Waals surface area contributed by atoms with E-state index in [1.807, 2.05) is 13.1 Å². The van der Waals surface area contributed by atoms with Crippen LogP contribution in [-0.2, 0) is 4.74 Å². The van der Waals surface area contributed by atoms with Crippen molar-refractivity contribution in [3.05, 3.63) is 23.8 Å². The summed E-state index contributed by atoms with van der Waals surface area (Å²) in [6, 6.07) is 5.19. The van der Waals surface area contributed by atoms with Crippen molar-refractivity contribution in [1.82, 2.24) is 0 Å². The molecule has 1 aliphatic rings. The fraction of sp³-hybridized carbons (Fsp3) is 0.500. The molecule has 1 unspecified atom stereocenters. The highest BCUT2D eigenvalue weighted by Crippen LogP contribution is 2.25. The van der Waals surface area contributed by atoms with Crippen molar-refractivity contribution in [2.24, 2.45) is 11.7 Å². The molecule has 5 nitrogen and oxygen atoms in total. The number of rotatable bonds is 4. The molecule has 104 valence electrons. The summed E-state index contributed by atoms with van der Waals surface area (Å²) in [4.78, 5) is 13.2. The maximum absolute atomic E-state index is 11.1. The highest BCUT2D eigenvalue weighted by atomic mass is 16.5. The predicted molar refractivity (Wildman–Crippen MR) is 76.2 cm³/mol. The molecule has 2 rings (SSSR count). The van der Waals surface area contributed by atoms with E-state index in [1.54, 1.807) is 12.1 Å². The lowest BCUT2D eigenvalue weighted by Crippen LogP contribution is -2.31. The van der Waals surface area contributed by atoms with Gasteiger partial charge in [-0.2, -0.15) is 0 Å². The van der Waals surface area contributed by atoms with Gasteiger partial charge in [0.05, 0.1) is 18.0 Å². The van der Waals surface area contributed by atoms with Gasteiger partial charge in [-0.25, -0.2) is 0 Å². The summed E-state index contributed by atoms with van der Waals surface area (Å²) >= 11 is 0. The molecule has 1 aliphatic heterocycles. The Morgan fingerprint density at radius 3 is 2.89 bits per heavy atom. The monoisotopic (exact) mass is 263 g/mol. The molecule has 1 saturated heterocycles. The molecule has 0 spiro atoms. The Morgan fingerprint density at radius 1 is 1.53 bits per heavy atom. The Morgan fingerprint density at radius 2 is 2.32 bits per heavy atom. The van der Waals surface area contributed by atoms with E-state index in [-0.39, 0.29) is 0 Å². The first-order valence-corrected chi connectivity index (χ1v) is 6.56. The van der Waals surface area contributed by atoms with Crippen LogP contribution < -0.4 is 16.4 Å². The molecule has 19 heavy (non-hydrogen) atoms. The van der Waals surface area contributed by atoms with E-state index in [2.05, 4.69) is 4.90 Å². The van der Waals surface area contributed by atoms with E-state index in [0.29, 0.717) is 17.2 Å². The van der Waals surface area contributed by atoms with Gasteiger partial charge in [-0.15, -0.1) is 0 Å². The van der Waals surface area contributed by atoms with Crippen LogP contribution in [-0.4, -0.2) is 32.7 Å². The number of hydrogen-bond donors (Lipinski definition) is 2. The van der Waals surface area contributed by atoms with E-state index in [9.17, 15) is 4.79 Å². The topological polar surface area (TPSA) is 81.6 Å². The van der Waals surface area contributed by atoms with E-state index in [0.717, 1.165) is 31.9 Å². The highest BCUT2D eigenvalue weighted by molar-refractivity contribution is 5.94. The summed E-state index contributed by atoms with van der Waals surface area (Å²) < 4.78 is 5.48. The maximum atomic E-state index is 11.1. The van der Waals surface area contributed by atoms with Gasteiger partial charge in [0.15, 0.2) is 0 Å². The van der Waals surface area contributed by atoms with Crippen LogP contribution in [0, 0.1) is 5.92 Å². The third-order valence-electron chi connectivity index (χ3n) is 3.51. The molecule has 0 bridgehead atoms. The van der Waals surface area contributed by atoms with E-state index in [1.165, 1.54) is 6.42 Å². The second-order valence-corrected chi connectivity index (χ2v) is 5.10. The Bertz CT molecular complexity index is 456. The first kappa shape index (κ1) is 13.7.